The Hall–Kier alpha value is -3.09. The van der Waals surface area contributed by atoms with E-state index >= 15 is 0 Å². The van der Waals surface area contributed by atoms with Crippen molar-refractivity contribution in [2.24, 2.45) is 10.2 Å². The molecule has 4 aromatic rings. The fourth-order valence-electron chi connectivity index (χ4n) is 2.67. The van der Waals surface area contributed by atoms with E-state index in [1.807, 2.05) is 24.3 Å². The van der Waals surface area contributed by atoms with Crippen LogP contribution in [-0.2, 0) is 0 Å². The van der Waals surface area contributed by atoms with Crippen LogP contribution >= 0.6 is 23.2 Å². The molecule has 0 aliphatic heterocycles. The minimum Gasteiger partial charge on any atom is -0.478 e. The fraction of sp³-hybridized carbons (Fsp3) is 0. The summed E-state index contributed by atoms with van der Waals surface area (Å²) < 4.78 is 0. The summed E-state index contributed by atoms with van der Waals surface area (Å²) in [5.74, 6) is -1.02. The number of fused-ring (bicyclic) bond motifs is 2. The molecule has 0 fully saturated rings. The van der Waals surface area contributed by atoms with E-state index in [0.29, 0.717) is 22.4 Å². The van der Waals surface area contributed by atoms with Gasteiger partial charge in [0, 0.05) is 5.39 Å². The Labute approximate surface area is 163 Å². The van der Waals surface area contributed by atoms with Gasteiger partial charge in [-0.1, -0.05) is 47.5 Å². The lowest BCUT2D eigenvalue weighted by molar-refractivity contribution is 0.0697. The van der Waals surface area contributed by atoms with Gasteiger partial charge in [-0.15, -0.1) is 5.11 Å². The molecule has 1 N–H and O–H groups in total. The highest BCUT2D eigenvalue weighted by Gasteiger charge is 2.09. The molecule has 0 spiro atoms. The van der Waals surface area contributed by atoms with Crippen molar-refractivity contribution in [1.29, 1.82) is 0 Å². The number of hydrogen-bond donors (Lipinski definition) is 1. The number of benzene rings is 3. The van der Waals surface area contributed by atoms with Crippen LogP contribution in [0.2, 0.25) is 10.3 Å². The molecule has 1 aromatic heterocycles. The number of aromatic carboxylic acids is 1. The summed E-state index contributed by atoms with van der Waals surface area (Å²) in [5.41, 5.74) is 2.26. The molecule has 0 saturated carbocycles. The molecular weight excluding hydrogens is 387 g/mol. The summed E-state index contributed by atoms with van der Waals surface area (Å²) >= 11 is 11.8. The van der Waals surface area contributed by atoms with E-state index in [9.17, 15) is 9.90 Å². The number of carbonyl (C=O) groups is 1. The fourth-order valence-corrected chi connectivity index (χ4v) is 2.94. The van der Waals surface area contributed by atoms with Crippen LogP contribution in [-0.4, -0.2) is 21.0 Å². The van der Waals surface area contributed by atoms with Gasteiger partial charge in [0.15, 0.2) is 10.3 Å². The number of rotatable bonds is 3. The van der Waals surface area contributed by atoms with Gasteiger partial charge in [-0.2, -0.15) is 5.11 Å². The average molecular weight is 397 g/mol. The van der Waals surface area contributed by atoms with Gasteiger partial charge < -0.3 is 5.11 Å². The van der Waals surface area contributed by atoms with Crippen LogP contribution in [0.15, 0.2) is 64.8 Å². The van der Waals surface area contributed by atoms with Crippen LogP contribution in [0.4, 0.5) is 11.4 Å². The third-order valence-corrected chi connectivity index (χ3v) is 4.55. The maximum absolute atomic E-state index is 11.4. The van der Waals surface area contributed by atoms with Gasteiger partial charge in [-0.25, -0.2) is 14.8 Å². The number of aromatic nitrogens is 2. The number of hydrogen-bond acceptors (Lipinski definition) is 5. The highest BCUT2D eigenvalue weighted by atomic mass is 35.5. The largest absolute Gasteiger partial charge is 0.478 e. The molecule has 4 rings (SSSR count). The Morgan fingerprint density at radius 3 is 2.41 bits per heavy atom. The van der Waals surface area contributed by atoms with Gasteiger partial charge in [0.05, 0.1) is 28.0 Å². The minimum absolute atomic E-state index is 0.110. The van der Waals surface area contributed by atoms with Crippen LogP contribution < -0.4 is 0 Å². The van der Waals surface area contributed by atoms with E-state index in [1.165, 1.54) is 6.07 Å². The topological polar surface area (TPSA) is 87.8 Å². The summed E-state index contributed by atoms with van der Waals surface area (Å²) in [4.78, 5) is 19.7. The lowest BCUT2D eigenvalue weighted by atomic mass is 10.1. The Morgan fingerprint density at radius 1 is 0.889 bits per heavy atom. The zero-order valence-corrected chi connectivity index (χ0v) is 15.1. The first-order valence-corrected chi connectivity index (χ1v) is 8.57. The van der Waals surface area contributed by atoms with Crippen molar-refractivity contribution in [2.45, 2.75) is 0 Å². The molecule has 1 heterocycles. The lowest BCUT2D eigenvalue weighted by Crippen LogP contribution is -1.95. The van der Waals surface area contributed by atoms with Crippen LogP contribution in [0.5, 0.6) is 0 Å². The van der Waals surface area contributed by atoms with Crippen molar-refractivity contribution in [3.8, 4) is 0 Å². The molecule has 3 aromatic carbocycles. The normalized spacial score (nSPS) is 11.5. The number of nitrogens with zero attached hydrogens (tertiary/aromatic N) is 4. The second-order valence-electron chi connectivity index (χ2n) is 5.70. The quantitative estimate of drug-likeness (QED) is 0.417. The molecule has 0 unspecified atom stereocenters. The average Bonchev–Trinajstić information content (AvgIpc) is 2.66. The Bertz CT molecular complexity index is 1240. The molecule has 0 saturated heterocycles. The van der Waals surface area contributed by atoms with E-state index in [2.05, 4.69) is 20.2 Å². The van der Waals surface area contributed by atoms with Gasteiger partial charge in [-0.3, -0.25) is 0 Å². The van der Waals surface area contributed by atoms with Crippen molar-refractivity contribution in [1.82, 2.24) is 9.97 Å². The highest BCUT2D eigenvalue weighted by Crippen LogP contribution is 2.30. The van der Waals surface area contributed by atoms with Gasteiger partial charge in [-0.05, 0) is 35.7 Å². The third-order valence-electron chi connectivity index (χ3n) is 3.93. The number of azo groups is 1. The second-order valence-corrected chi connectivity index (χ2v) is 6.42. The Balaban J connectivity index is 1.79. The van der Waals surface area contributed by atoms with Crippen molar-refractivity contribution >= 4 is 62.4 Å². The standard InChI is InChI=1S/C19H10Cl2N4O2/c20-17-18(21)23-16-9-12(5-6-14(16)22-17)24-25-15-8-11(19(26)27)7-10-3-1-2-4-13(10)15/h1-9H,(H,26,27). The molecule has 0 aliphatic carbocycles. The molecule has 0 radical (unpaired) electrons. The molecule has 27 heavy (non-hydrogen) atoms. The van der Waals surface area contributed by atoms with Gasteiger partial charge in [0.2, 0.25) is 0 Å². The highest BCUT2D eigenvalue weighted by molar-refractivity contribution is 6.40. The third kappa shape index (κ3) is 3.45. The summed E-state index contributed by atoms with van der Waals surface area (Å²) in [6.07, 6.45) is 0. The molecule has 6 nitrogen and oxygen atoms in total. The Kier molecular flexibility index (Phi) is 4.43. The maximum Gasteiger partial charge on any atom is 0.335 e. The predicted molar refractivity (Wildman–Crippen MR) is 105 cm³/mol. The van der Waals surface area contributed by atoms with Crippen LogP contribution in [0.1, 0.15) is 10.4 Å². The minimum atomic E-state index is -1.02. The van der Waals surface area contributed by atoms with Crippen LogP contribution in [0, 0.1) is 0 Å². The van der Waals surface area contributed by atoms with Gasteiger partial charge in [0.1, 0.15) is 0 Å². The summed E-state index contributed by atoms with van der Waals surface area (Å²) in [6, 6.07) is 15.6. The SMILES string of the molecule is O=C(O)c1cc(N=Nc2ccc3nc(Cl)c(Cl)nc3c2)c2ccccc2c1. The molecule has 132 valence electrons. The van der Waals surface area contributed by atoms with Crippen molar-refractivity contribution in [3.05, 3.63) is 70.5 Å². The van der Waals surface area contributed by atoms with E-state index in [4.69, 9.17) is 23.2 Å². The van der Waals surface area contributed by atoms with E-state index < -0.39 is 5.97 Å². The predicted octanol–water partition coefficient (Wildman–Crippen LogP) is 6.20. The summed E-state index contributed by atoms with van der Waals surface area (Å²) in [7, 11) is 0. The molecule has 0 aliphatic rings. The van der Waals surface area contributed by atoms with E-state index in [-0.39, 0.29) is 15.9 Å². The molecule has 0 amide bonds. The number of halogens is 2. The van der Waals surface area contributed by atoms with Gasteiger partial charge in [0.25, 0.3) is 0 Å². The monoisotopic (exact) mass is 396 g/mol. The molecular formula is C19H10Cl2N4O2. The Morgan fingerprint density at radius 2 is 1.63 bits per heavy atom. The van der Waals surface area contributed by atoms with Crippen molar-refractivity contribution in [2.75, 3.05) is 0 Å². The molecule has 0 bridgehead atoms. The first-order chi connectivity index (χ1) is 13.0. The number of carboxylic acids is 1. The lowest BCUT2D eigenvalue weighted by Gasteiger charge is -2.04. The summed E-state index contributed by atoms with van der Waals surface area (Å²) in [6.45, 7) is 0. The van der Waals surface area contributed by atoms with Crippen molar-refractivity contribution < 1.29 is 9.90 Å². The van der Waals surface area contributed by atoms with Gasteiger partial charge >= 0.3 is 5.97 Å². The van der Waals surface area contributed by atoms with E-state index in [1.54, 1.807) is 24.3 Å². The van der Waals surface area contributed by atoms with Crippen molar-refractivity contribution in [3.63, 3.8) is 0 Å². The van der Waals surface area contributed by atoms with Crippen LogP contribution in [0.25, 0.3) is 21.8 Å². The van der Waals surface area contributed by atoms with E-state index in [0.717, 1.165) is 10.8 Å². The zero-order valence-electron chi connectivity index (χ0n) is 13.6. The summed E-state index contributed by atoms with van der Waals surface area (Å²) in [5, 5.41) is 19.6. The smallest absolute Gasteiger partial charge is 0.335 e. The number of carboxylic acid groups (broad SMARTS) is 1. The first kappa shape index (κ1) is 17.3. The molecule has 0 atom stereocenters. The second kappa shape index (κ2) is 6.90. The molecule has 8 heteroatoms. The first-order valence-electron chi connectivity index (χ1n) is 7.82. The maximum atomic E-state index is 11.4. The zero-order chi connectivity index (χ0) is 19.0. The van der Waals surface area contributed by atoms with Crippen LogP contribution in [0.3, 0.4) is 0 Å².